The molecule has 0 amide bonds. The van der Waals surface area contributed by atoms with Crippen molar-refractivity contribution in [2.24, 2.45) is 5.10 Å². The topological polar surface area (TPSA) is 65.9 Å². The fraction of sp³-hybridized carbons (Fsp3) is 0.0667. The van der Waals surface area contributed by atoms with Gasteiger partial charge in [0.15, 0.2) is 16.6 Å². The van der Waals surface area contributed by atoms with E-state index in [4.69, 9.17) is 17.0 Å². The second-order valence-electron chi connectivity index (χ2n) is 4.35. The molecule has 0 bridgehead atoms. The van der Waals surface area contributed by atoms with Crippen LogP contribution >= 0.6 is 28.1 Å². The summed E-state index contributed by atoms with van der Waals surface area (Å²) in [6, 6.07) is 9.27. The number of phenolic OH excluding ortho intramolecular Hbond substituents is 1. The number of methoxy groups -OCH3 is 1. The minimum Gasteiger partial charge on any atom is -0.504 e. The maximum absolute atomic E-state index is 13.5. The highest BCUT2D eigenvalue weighted by molar-refractivity contribution is 9.10. The summed E-state index contributed by atoms with van der Waals surface area (Å²) in [4.78, 5) is 0. The Morgan fingerprint density at radius 3 is 2.83 bits per heavy atom. The van der Waals surface area contributed by atoms with Crippen LogP contribution in [0.3, 0.4) is 0 Å². The molecule has 2 aromatic carbocycles. The van der Waals surface area contributed by atoms with Gasteiger partial charge in [0.25, 0.3) is 0 Å². The van der Waals surface area contributed by atoms with Crippen LogP contribution in [0.25, 0.3) is 0 Å². The SMILES string of the molecule is COc1cc(Br)c(/C=N\NC(=S)Nc2ccccc2F)cc1O. The standard InChI is InChI=1S/C15H13BrFN3O2S/c1-22-14-7-10(16)9(6-13(14)21)8-18-20-15(23)19-12-5-3-2-4-11(12)17/h2-8,21H,1H3,(H2,19,20,23)/b18-8-. The van der Waals surface area contributed by atoms with Crippen molar-refractivity contribution < 1.29 is 14.2 Å². The molecule has 0 saturated carbocycles. The molecule has 0 aromatic heterocycles. The molecule has 5 nitrogen and oxygen atoms in total. The van der Waals surface area contributed by atoms with Gasteiger partial charge in [0.2, 0.25) is 0 Å². The van der Waals surface area contributed by atoms with E-state index in [1.54, 1.807) is 24.3 Å². The van der Waals surface area contributed by atoms with Gasteiger partial charge in [-0.15, -0.1) is 0 Å². The van der Waals surface area contributed by atoms with Crippen molar-refractivity contribution in [2.45, 2.75) is 0 Å². The van der Waals surface area contributed by atoms with Crippen molar-refractivity contribution in [3.8, 4) is 11.5 Å². The predicted octanol–water partition coefficient (Wildman–Crippen LogP) is 3.62. The fourth-order valence-corrected chi connectivity index (χ4v) is 2.28. The molecule has 2 aromatic rings. The number of para-hydroxylation sites is 1. The highest BCUT2D eigenvalue weighted by Crippen LogP contribution is 2.31. The summed E-state index contributed by atoms with van der Waals surface area (Å²) in [5.74, 6) is -0.0774. The molecule has 0 fully saturated rings. The van der Waals surface area contributed by atoms with Crippen molar-refractivity contribution in [1.29, 1.82) is 0 Å². The van der Waals surface area contributed by atoms with E-state index in [2.05, 4.69) is 31.8 Å². The van der Waals surface area contributed by atoms with Gasteiger partial charge in [-0.1, -0.05) is 12.1 Å². The van der Waals surface area contributed by atoms with E-state index < -0.39 is 5.82 Å². The second kappa shape index (κ2) is 7.89. The zero-order valence-corrected chi connectivity index (χ0v) is 14.4. The number of rotatable bonds is 4. The number of thiocarbonyl (C=S) groups is 1. The van der Waals surface area contributed by atoms with Crippen LogP contribution in [0.4, 0.5) is 10.1 Å². The van der Waals surface area contributed by atoms with Crippen LogP contribution in [0, 0.1) is 5.82 Å². The number of hydrazone groups is 1. The smallest absolute Gasteiger partial charge is 0.191 e. The fourth-order valence-electron chi connectivity index (χ4n) is 1.70. The number of hydrogen-bond acceptors (Lipinski definition) is 4. The van der Waals surface area contributed by atoms with Gasteiger partial charge in [-0.2, -0.15) is 5.10 Å². The van der Waals surface area contributed by atoms with E-state index in [0.717, 1.165) is 0 Å². The number of nitrogens with one attached hydrogen (secondary N) is 2. The third-order valence-corrected chi connectivity index (χ3v) is 3.67. The van der Waals surface area contributed by atoms with Crippen molar-refractivity contribution in [3.05, 3.63) is 52.3 Å². The van der Waals surface area contributed by atoms with Crippen molar-refractivity contribution in [2.75, 3.05) is 12.4 Å². The number of nitrogens with zero attached hydrogens (tertiary/aromatic N) is 1. The average molecular weight is 398 g/mol. The highest BCUT2D eigenvalue weighted by Gasteiger charge is 2.06. The monoisotopic (exact) mass is 397 g/mol. The van der Waals surface area contributed by atoms with Gasteiger partial charge in [0, 0.05) is 10.0 Å². The molecular formula is C15H13BrFN3O2S. The molecule has 0 radical (unpaired) electrons. The summed E-state index contributed by atoms with van der Waals surface area (Å²) < 4.78 is 19.2. The molecule has 0 saturated heterocycles. The van der Waals surface area contributed by atoms with E-state index in [9.17, 15) is 9.50 Å². The van der Waals surface area contributed by atoms with E-state index in [1.165, 1.54) is 25.5 Å². The van der Waals surface area contributed by atoms with Gasteiger partial charge in [-0.25, -0.2) is 4.39 Å². The van der Waals surface area contributed by atoms with E-state index in [0.29, 0.717) is 15.8 Å². The van der Waals surface area contributed by atoms with Gasteiger partial charge in [-0.3, -0.25) is 5.43 Å². The van der Waals surface area contributed by atoms with Crippen molar-refractivity contribution in [1.82, 2.24) is 5.43 Å². The Hall–Kier alpha value is -2.19. The van der Waals surface area contributed by atoms with Crippen molar-refractivity contribution >= 4 is 45.2 Å². The first kappa shape index (κ1) is 17.2. The third-order valence-electron chi connectivity index (χ3n) is 2.79. The lowest BCUT2D eigenvalue weighted by molar-refractivity contribution is 0.373. The molecule has 2 rings (SSSR count). The first-order valence-electron chi connectivity index (χ1n) is 6.42. The van der Waals surface area contributed by atoms with Gasteiger partial charge in [0.1, 0.15) is 5.82 Å². The molecule has 0 unspecified atom stereocenters. The van der Waals surface area contributed by atoms with E-state index >= 15 is 0 Å². The Labute approximate surface area is 146 Å². The van der Waals surface area contributed by atoms with Gasteiger partial charge in [0.05, 0.1) is 19.0 Å². The Kier molecular flexibility index (Phi) is 5.89. The molecule has 0 heterocycles. The first-order valence-corrected chi connectivity index (χ1v) is 7.62. The molecule has 0 aliphatic rings. The van der Waals surface area contributed by atoms with Crippen LogP contribution in [0.2, 0.25) is 0 Å². The molecule has 0 spiro atoms. The van der Waals surface area contributed by atoms with Gasteiger partial charge >= 0.3 is 0 Å². The van der Waals surface area contributed by atoms with Crippen LogP contribution in [0.15, 0.2) is 46.0 Å². The zero-order valence-electron chi connectivity index (χ0n) is 12.0. The van der Waals surface area contributed by atoms with Crippen LogP contribution in [-0.4, -0.2) is 23.5 Å². The highest BCUT2D eigenvalue weighted by atomic mass is 79.9. The van der Waals surface area contributed by atoms with Crippen LogP contribution < -0.4 is 15.5 Å². The number of halogens is 2. The largest absolute Gasteiger partial charge is 0.504 e. The summed E-state index contributed by atoms with van der Waals surface area (Å²) in [6.45, 7) is 0. The Bertz CT molecular complexity index is 755. The minimum atomic E-state index is -0.413. The van der Waals surface area contributed by atoms with Crippen LogP contribution in [0.5, 0.6) is 11.5 Å². The molecule has 23 heavy (non-hydrogen) atoms. The normalized spacial score (nSPS) is 10.6. The number of benzene rings is 2. The van der Waals surface area contributed by atoms with Crippen LogP contribution in [-0.2, 0) is 0 Å². The van der Waals surface area contributed by atoms with Gasteiger partial charge in [-0.05, 0) is 52.4 Å². The Balaban J connectivity index is 2.00. The Morgan fingerprint density at radius 2 is 2.13 bits per heavy atom. The minimum absolute atomic E-state index is 0.00999. The third kappa shape index (κ3) is 4.64. The molecule has 3 N–H and O–H groups in total. The summed E-state index contributed by atoms with van der Waals surface area (Å²) in [7, 11) is 1.46. The molecule has 8 heteroatoms. The lowest BCUT2D eigenvalue weighted by atomic mass is 10.2. The first-order chi connectivity index (χ1) is 11.0. The maximum atomic E-state index is 13.5. The molecular weight excluding hydrogens is 385 g/mol. The summed E-state index contributed by atoms with van der Waals surface area (Å²) in [5.41, 5.74) is 3.44. The quantitative estimate of drug-likeness (QED) is 0.417. The predicted molar refractivity (Wildman–Crippen MR) is 95.7 cm³/mol. The summed E-state index contributed by atoms with van der Waals surface area (Å²) in [5, 5.41) is 16.5. The van der Waals surface area contributed by atoms with Gasteiger partial charge < -0.3 is 15.2 Å². The molecule has 120 valence electrons. The van der Waals surface area contributed by atoms with E-state index in [-0.39, 0.29) is 16.5 Å². The van der Waals surface area contributed by atoms with E-state index in [1.807, 2.05) is 0 Å². The molecule has 0 aliphatic heterocycles. The summed E-state index contributed by atoms with van der Waals surface area (Å²) >= 11 is 8.37. The van der Waals surface area contributed by atoms with Crippen molar-refractivity contribution in [3.63, 3.8) is 0 Å². The van der Waals surface area contributed by atoms with Crippen LogP contribution in [0.1, 0.15) is 5.56 Å². The molecule has 0 aliphatic carbocycles. The maximum Gasteiger partial charge on any atom is 0.191 e. The number of aromatic hydroxyl groups is 1. The number of anilines is 1. The average Bonchev–Trinajstić information content (AvgIpc) is 2.52. The lowest BCUT2D eigenvalue weighted by Gasteiger charge is -2.08. The second-order valence-corrected chi connectivity index (χ2v) is 5.61. The molecule has 0 atom stereocenters. The number of ether oxygens (including phenoxy) is 1. The lowest BCUT2D eigenvalue weighted by Crippen LogP contribution is -2.24. The summed E-state index contributed by atoms with van der Waals surface area (Å²) in [6.07, 6.45) is 1.46. The number of hydrogen-bond donors (Lipinski definition) is 3. The zero-order chi connectivity index (χ0) is 16.8. The number of phenols is 1. The Morgan fingerprint density at radius 1 is 1.39 bits per heavy atom.